The Morgan fingerprint density at radius 2 is 1.88 bits per heavy atom. The molecule has 0 radical (unpaired) electrons. The molecule has 1 heterocycles. The number of nitrogens with one attached hydrogen (secondary N) is 2. The van der Waals surface area contributed by atoms with Crippen LogP contribution in [0.25, 0.3) is 0 Å². The standard InChI is InChI=1S/C19H31N3O2/c1-14-11-22(13-17-7-5-4-6-8-17)12-15(2)18(14)21-19(24)20-10-9-16(3)23/h4-8,14-16,18,23H,9-13H2,1-3H3,(H2,20,21,24). The van der Waals surface area contributed by atoms with Crippen molar-refractivity contribution < 1.29 is 9.90 Å². The number of carbonyl (C=O) groups is 1. The molecule has 1 aliphatic rings. The van der Waals surface area contributed by atoms with Crippen molar-refractivity contribution in [2.45, 2.75) is 45.9 Å². The highest BCUT2D eigenvalue weighted by molar-refractivity contribution is 5.74. The first-order valence-corrected chi connectivity index (χ1v) is 8.94. The third-order valence-corrected chi connectivity index (χ3v) is 4.71. The van der Waals surface area contributed by atoms with E-state index in [1.807, 2.05) is 6.07 Å². The van der Waals surface area contributed by atoms with Crippen LogP contribution in [-0.4, -0.2) is 47.8 Å². The summed E-state index contributed by atoms with van der Waals surface area (Å²) in [6, 6.07) is 10.6. The molecule has 3 N–H and O–H groups in total. The highest BCUT2D eigenvalue weighted by Crippen LogP contribution is 2.23. The lowest BCUT2D eigenvalue weighted by Crippen LogP contribution is -2.56. The van der Waals surface area contributed by atoms with Crippen molar-refractivity contribution in [3.8, 4) is 0 Å². The van der Waals surface area contributed by atoms with Gasteiger partial charge in [-0.15, -0.1) is 0 Å². The van der Waals surface area contributed by atoms with Crippen molar-refractivity contribution in [1.82, 2.24) is 15.5 Å². The first kappa shape index (κ1) is 18.7. The zero-order valence-corrected chi connectivity index (χ0v) is 15.0. The number of urea groups is 1. The van der Waals surface area contributed by atoms with Crippen LogP contribution in [-0.2, 0) is 6.54 Å². The zero-order chi connectivity index (χ0) is 17.5. The monoisotopic (exact) mass is 333 g/mol. The molecule has 1 aliphatic heterocycles. The number of amides is 2. The van der Waals surface area contributed by atoms with E-state index < -0.39 is 0 Å². The Hall–Kier alpha value is -1.59. The average Bonchev–Trinajstić information content (AvgIpc) is 2.51. The Labute approximate surface area is 145 Å². The lowest BCUT2D eigenvalue weighted by Gasteiger charge is -2.41. The molecule has 0 saturated carbocycles. The molecule has 2 amide bonds. The Morgan fingerprint density at radius 1 is 1.25 bits per heavy atom. The fraction of sp³-hybridized carbons (Fsp3) is 0.632. The van der Waals surface area contributed by atoms with Gasteiger partial charge in [0.15, 0.2) is 0 Å². The van der Waals surface area contributed by atoms with Crippen molar-refractivity contribution in [2.24, 2.45) is 11.8 Å². The third kappa shape index (κ3) is 5.80. The highest BCUT2D eigenvalue weighted by atomic mass is 16.3. The molecule has 1 fully saturated rings. The molecule has 5 nitrogen and oxygen atoms in total. The third-order valence-electron chi connectivity index (χ3n) is 4.71. The summed E-state index contributed by atoms with van der Waals surface area (Å²) in [5.74, 6) is 0.806. The number of rotatable bonds is 6. The van der Waals surface area contributed by atoms with E-state index in [2.05, 4.69) is 53.6 Å². The van der Waals surface area contributed by atoms with Gasteiger partial charge < -0.3 is 15.7 Å². The molecule has 2 rings (SSSR count). The van der Waals surface area contributed by atoms with E-state index in [1.54, 1.807) is 6.92 Å². The fourth-order valence-electron chi connectivity index (χ4n) is 3.53. The number of hydrogen-bond donors (Lipinski definition) is 3. The van der Waals surface area contributed by atoms with E-state index in [4.69, 9.17) is 0 Å². The van der Waals surface area contributed by atoms with Crippen LogP contribution in [0.1, 0.15) is 32.8 Å². The maximum atomic E-state index is 12.0. The lowest BCUT2D eigenvalue weighted by molar-refractivity contribution is 0.0980. The van der Waals surface area contributed by atoms with Crippen LogP contribution < -0.4 is 10.6 Å². The van der Waals surface area contributed by atoms with Gasteiger partial charge in [0, 0.05) is 32.2 Å². The van der Waals surface area contributed by atoms with Gasteiger partial charge in [0.2, 0.25) is 0 Å². The number of benzene rings is 1. The average molecular weight is 333 g/mol. The van der Waals surface area contributed by atoms with Gasteiger partial charge >= 0.3 is 6.03 Å². The second-order valence-electron chi connectivity index (χ2n) is 7.20. The van der Waals surface area contributed by atoms with Crippen molar-refractivity contribution >= 4 is 6.03 Å². The van der Waals surface area contributed by atoms with Gasteiger partial charge in [-0.1, -0.05) is 44.2 Å². The van der Waals surface area contributed by atoms with Gasteiger partial charge in [0.05, 0.1) is 6.10 Å². The Balaban J connectivity index is 1.81. The van der Waals surface area contributed by atoms with Gasteiger partial charge in [0.25, 0.3) is 0 Å². The van der Waals surface area contributed by atoms with Crippen molar-refractivity contribution in [1.29, 1.82) is 0 Å². The molecule has 1 saturated heterocycles. The summed E-state index contributed by atoms with van der Waals surface area (Å²) >= 11 is 0. The van der Waals surface area contributed by atoms with Crippen LogP contribution in [0.2, 0.25) is 0 Å². The zero-order valence-electron chi connectivity index (χ0n) is 15.0. The summed E-state index contributed by atoms with van der Waals surface area (Å²) < 4.78 is 0. The van der Waals surface area contributed by atoms with E-state index in [9.17, 15) is 9.90 Å². The molecule has 3 unspecified atom stereocenters. The highest BCUT2D eigenvalue weighted by Gasteiger charge is 2.32. The number of carbonyl (C=O) groups excluding carboxylic acids is 1. The summed E-state index contributed by atoms with van der Waals surface area (Å²) in [5.41, 5.74) is 1.33. The first-order valence-electron chi connectivity index (χ1n) is 8.94. The molecule has 134 valence electrons. The smallest absolute Gasteiger partial charge is 0.315 e. The van der Waals surface area contributed by atoms with Crippen molar-refractivity contribution in [3.05, 3.63) is 35.9 Å². The van der Waals surface area contributed by atoms with Gasteiger partial charge in [-0.05, 0) is 30.7 Å². The quantitative estimate of drug-likeness (QED) is 0.748. The van der Waals surface area contributed by atoms with Crippen molar-refractivity contribution in [2.75, 3.05) is 19.6 Å². The van der Waals surface area contributed by atoms with Gasteiger partial charge in [-0.25, -0.2) is 4.79 Å². The lowest BCUT2D eigenvalue weighted by atomic mass is 9.85. The number of nitrogens with zero attached hydrogens (tertiary/aromatic N) is 1. The normalized spacial score (nSPS) is 25.9. The van der Waals surface area contributed by atoms with Crippen molar-refractivity contribution in [3.63, 3.8) is 0 Å². The molecule has 0 bridgehead atoms. The van der Waals surface area contributed by atoms with Crippen LogP contribution in [0.5, 0.6) is 0 Å². The second-order valence-corrected chi connectivity index (χ2v) is 7.20. The van der Waals surface area contributed by atoms with Crippen LogP contribution in [0.15, 0.2) is 30.3 Å². The minimum atomic E-state index is -0.385. The predicted molar refractivity (Wildman–Crippen MR) is 96.7 cm³/mol. The topological polar surface area (TPSA) is 64.6 Å². The molecule has 1 aromatic carbocycles. The molecule has 5 heteroatoms. The molecule has 0 aromatic heterocycles. The van der Waals surface area contributed by atoms with E-state index >= 15 is 0 Å². The maximum absolute atomic E-state index is 12.0. The van der Waals surface area contributed by atoms with E-state index in [-0.39, 0.29) is 18.2 Å². The Kier molecular flexibility index (Phi) is 7.06. The summed E-state index contributed by atoms with van der Waals surface area (Å²) in [6.45, 7) is 9.56. The molecule has 0 aliphatic carbocycles. The van der Waals surface area contributed by atoms with Crippen LogP contribution in [0.4, 0.5) is 4.79 Å². The number of hydrogen-bond acceptors (Lipinski definition) is 3. The van der Waals surface area contributed by atoms with Gasteiger partial charge in [-0.3, -0.25) is 4.90 Å². The molecule has 3 atom stereocenters. The first-order chi connectivity index (χ1) is 11.5. The minimum absolute atomic E-state index is 0.129. The van der Waals surface area contributed by atoms with E-state index in [0.29, 0.717) is 24.8 Å². The number of piperidine rings is 1. The van der Waals surface area contributed by atoms with Crippen LogP contribution in [0, 0.1) is 11.8 Å². The predicted octanol–water partition coefficient (Wildman–Crippen LogP) is 2.21. The van der Waals surface area contributed by atoms with Crippen LogP contribution >= 0.6 is 0 Å². The fourth-order valence-corrected chi connectivity index (χ4v) is 3.53. The van der Waals surface area contributed by atoms with Crippen LogP contribution in [0.3, 0.4) is 0 Å². The maximum Gasteiger partial charge on any atom is 0.315 e. The largest absolute Gasteiger partial charge is 0.393 e. The Morgan fingerprint density at radius 3 is 2.46 bits per heavy atom. The summed E-state index contributed by atoms with van der Waals surface area (Å²) in [4.78, 5) is 14.5. The summed E-state index contributed by atoms with van der Waals surface area (Å²) in [6.07, 6.45) is 0.193. The number of aliphatic hydroxyl groups excluding tert-OH is 1. The molecule has 24 heavy (non-hydrogen) atoms. The molecular weight excluding hydrogens is 302 g/mol. The van der Waals surface area contributed by atoms with E-state index in [0.717, 1.165) is 19.6 Å². The molecular formula is C19H31N3O2. The molecule has 0 spiro atoms. The number of aliphatic hydroxyl groups is 1. The molecule has 1 aromatic rings. The second kappa shape index (κ2) is 9.04. The summed E-state index contributed by atoms with van der Waals surface area (Å²) in [7, 11) is 0. The summed E-state index contributed by atoms with van der Waals surface area (Å²) in [5, 5.41) is 15.2. The minimum Gasteiger partial charge on any atom is -0.393 e. The van der Waals surface area contributed by atoms with E-state index in [1.165, 1.54) is 5.56 Å². The number of likely N-dealkylation sites (tertiary alicyclic amines) is 1. The Bertz CT molecular complexity index is 495. The van der Waals surface area contributed by atoms with Gasteiger partial charge in [0.1, 0.15) is 0 Å². The SMILES string of the molecule is CC(O)CCNC(=O)NC1C(C)CN(Cc2ccccc2)CC1C. The van der Waals surface area contributed by atoms with Gasteiger partial charge in [-0.2, -0.15) is 0 Å².